The quantitative estimate of drug-likeness (QED) is 0.0987. The van der Waals surface area contributed by atoms with Gasteiger partial charge in [-0.25, -0.2) is 0 Å². The molecular weight excluding hydrogens is 799 g/mol. The van der Waals surface area contributed by atoms with Crippen LogP contribution in [0.15, 0.2) is 255 Å². The minimum Gasteiger partial charge on any atom is -0.311 e. The van der Waals surface area contributed by atoms with Crippen molar-refractivity contribution < 1.29 is 0 Å². The smallest absolute Gasteiger partial charge is 0.0541 e. The monoisotopic (exact) mass is 843 g/mol. The lowest BCUT2D eigenvalue weighted by Crippen LogP contribution is -2.10. The Morgan fingerprint density at radius 1 is 0.273 bits per heavy atom. The van der Waals surface area contributed by atoms with E-state index in [1.165, 1.54) is 60.3 Å². The summed E-state index contributed by atoms with van der Waals surface area (Å²) in [6, 6.07) is 92.1. The number of rotatable bonds is 10. The molecule has 1 atom stereocenters. The maximum atomic E-state index is 2.38. The van der Waals surface area contributed by atoms with Gasteiger partial charge in [0.1, 0.15) is 0 Å². The Morgan fingerprint density at radius 2 is 0.576 bits per heavy atom. The van der Waals surface area contributed by atoms with E-state index in [0.717, 1.165) is 39.6 Å². The summed E-state index contributed by atoms with van der Waals surface area (Å²) in [6.07, 6.45) is 4.41. The molecule has 0 bridgehead atoms. The van der Waals surface area contributed by atoms with Crippen molar-refractivity contribution in [1.29, 1.82) is 0 Å². The van der Waals surface area contributed by atoms with Gasteiger partial charge in [0.2, 0.25) is 0 Å². The molecule has 0 amide bonds. The molecule has 12 aromatic rings. The molecule has 1 unspecified atom stereocenters. The van der Waals surface area contributed by atoms with Gasteiger partial charge in [-0.05, 0) is 113 Å². The predicted octanol–water partition coefficient (Wildman–Crippen LogP) is 16.7. The highest BCUT2D eigenvalue weighted by molar-refractivity contribution is 6.10. The van der Waals surface area contributed by atoms with Crippen LogP contribution in [0, 0.1) is 0 Å². The number of nitrogens with zero attached hydrogens (tertiary/aromatic N) is 3. The van der Waals surface area contributed by atoms with Crippen molar-refractivity contribution in [2.24, 2.45) is 0 Å². The molecular formula is C63H45N3. The summed E-state index contributed by atoms with van der Waals surface area (Å²) in [6.45, 7) is 0. The van der Waals surface area contributed by atoms with E-state index in [0.29, 0.717) is 0 Å². The maximum Gasteiger partial charge on any atom is 0.0541 e. The van der Waals surface area contributed by atoms with E-state index in [-0.39, 0.29) is 5.92 Å². The number of fused-ring (bicyclic) bond motifs is 6. The fourth-order valence-corrected chi connectivity index (χ4v) is 9.94. The third kappa shape index (κ3) is 7.04. The second-order valence-corrected chi connectivity index (χ2v) is 17.0. The molecule has 0 fully saturated rings. The van der Waals surface area contributed by atoms with E-state index in [9.17, 15) is 0 Å². The fraction of sp³-hybridized carbons (Fsp3) is 0.0159. The summed E-state index contributed by atoms with van der Waals surface area (Å²) in [5, 5.41) is 5.07. The minimum atomic E-state index is 0.0985. The zero-order chi connectivity index (χ0) is 43.8. The van der Waals surface area contributed by atoms with Gasteiger partial charge in [-0.15, -0.1) is 0 Å². The van der Waals surface area contributed by atoms with Gasteiger partial charge in [0.05, 0.1) is 22.1 Å². The molecule has 0 saturated carbocycles. The number of aromatic nitrogens is 2. The van der Waals surface area contributed by atoms with Crippen molar-refractivity contribution in [3.63, 3.8) is 0 Å². The molecule has 12 rings (SSSR count). The minimum absolute atomic E-state index is 0.0985. The highest BCUT2D eigenvalue weighted by atomic mass is 15.1. The molecule has 0 aliphatic heterocycles. The summed E-state index contributed by atoms with van der Waals surface area (Å²) >= 11 is 0. The molecule has 2 aromatic heterocycles. The Hall–Kier alpha value is -8.66. The van der Waals surface area contributed by atoms with Gasteiger partial charge in [0.15, 0.2) is 0 Å². The summed E-state index contributed by atoms with van der Waals surface area (Å²) in [5.74, 6) is 0.0985. The predicted molar refractivity (Wildman–Crippen MR) is 279 cm³/mol. The standard InChI is InChI=1S/C63H45N3/c1-3-15-47(16-4-1)63(49-35-39-53(40-36-49)65-59-23-11-7-19-55(59)56-20-8-12-24-60(56)65)48-33-29-45(30-34-48)27-28-46-31-37-51(38-32-46)64(50-17-5-2-6-18-50)52-41-43-54(44-42-52)66-61-25-13-9-21-57(61)58-22-10-14-26-62(58)66/h1-44,63H/b28-27+. The van der Waals surface area contributed by atoms with Crippen molar-refractivity contribution in [2.45, 2.75) is 5.92 Å². The molecule has 66 heavy (non-hydrogen) atoms. The zero-order valence-corrected chi connectivity index (χ0v) is 36.3. The molecule has 0 aliphatic carbocycles. The Labute approximate surface area is 385 Å². The van der Waals surface area contributed by atoms with Crippen molar-refractivity contribution in [3.8, 4) is 11.4 Å². The lowest BCUT2D eigenvalue weighted by atomic mass is 9.85. The van der Waals surface area contributed by atoms with E-state index in [4.69, 9.17) is 0 Å². The van der Waals surface area contributed by atoms with Gasteiger partial charge in [0, 0.05) is 55.9 Å². The Kier molecular flexibility index (Phi) is 9.92. The average molecular weight is 844 g/mol. The van der Waals surface area contributed by atoms with Crippen LogP contribution in [0.3, 0.4) is 0 Å². The number of hydrogen-bond donors (Lipinski definition) is 0. The van der Waals surface area contributed by atoms with E-state index in [1.807, 2.05) is 0 Å². The van der Waals surface area contributed by atoms with Crippen molar-refractivity contribution in [1.82, 2.24) is 9.13 Å². The SMILES string of the molecule is C(=C\c1ccc(N(c2ccccc2)c2ccc(-n3c4ccccc4c4ccccc43)cc2)cc1)/c1ccc(C(c2ccccc2)c2ccc(-n3c4ccccc4c4ccccc43)cc2)cc1. The first-order valence-electron chi connectivity index (χ1n) is 22.7. The first kappa shape index (κ1) is 39.0. The molecule has 0 aliphatic rings. The van der Waals surface area contributed by atoms with Crippen LogP contribution in [-0.4, -0.2) is 9.13 Å². The van der Waals surface area contributed by atoms with Crippen LogP contribution in [-0.2, 0) is 0 Å². The Balaban J connectivity index is 0.806. The van der Waals surface area contributed by atoms with Crippen LogP contribution in [0.25, 0.3) is 67.1 Å². The second kappa shape index (κ2) is 16.8. The highest BCUT2D eigenvalue weighted by Crippen LogP contribution is 2.39. The van der Waals surface area contributed by atoms with Crippen LogP contribution >= 0.6 is 0 Å². The summed E-state index contributed by atoms with van der Waals surface area (Å²) in [7, 11) is 0. The molecule has 3 nitrogen and oxygen atoms in total. The normalized spacial score (nSPS) is 12.1. The number of anilines is 3. The molecule has 0 spiro atoms. The lowest BCUT2D eigenvalue weighted by Gasteiger charge is -2.26. The second-order valence-electron chi connectivity index (χ2n) is 17.0. The fourth-order valence-electron chi connectivity index (χ4n) is 9.94. The van der Waals surface area contributed by atoms with Crippen molar-refractivity contribution >= 4 is 72.8 Å². The summed E-state index contributed by atoms with van der Waals surface area (Å²) in [5.41, 5.74) is 16.6. The third-order valence-electron chi connectivity index (χ3n) is 13.0. The topological polar surface area (TPSA) is 13.1 Å². The van der Waals surface area contributed by atoms with Gasteiger partial charge in [-0.1, -0.05) is 182 Å². The molecule has 0 saturated heterocycles. The summed E-state index contributed by atoms with van der Waals surface area (Å²) in [4.78, 5) is 2.32. The van der Waals surface area contributed by atoms with Crippen molar-refractivity contribution in [2.75, 3.05) is 4.90 Å². The van der Waals surface area contributed by atoms with E-state index in [2.05, 4.69) is 281 Å². The lowest BCUT2D eigenvalue weighted by molar-refractivity contribution is 0.974. The number of hydrogen-bond acceptors (Lipinski definition) is 1. The molecule has 2 heterocycles. The van der Waals surface area contributed by atoms with Gasteiger partial charge in [-0.3, -0.25) is 0 Å². The van der Waals surface area contributed by atoms with Gasteiger partial charge >= 0.3 is 0 Å². The zero-order valence-electron chi connectivity index (χ0n) is 36.3. The van der Waals surface area contributed by atoms with Gasteiger partial charge in [-0.2, -0.15) is 0 Å². The molecule has 312 valence electrons. The van der Waals surface area contributed by atoms with Crippen LogP contribution in [0.2, 0.25) is 0 Å². The largest absolute Gasteiger partial charge is 0.311 e. The van der Waals surface area contributed by atoms with Crippen LogP contribution < -0.4 is 4.90 Å². The van der Waals surface area contributed by atoms with E-state index < -0.39 is 0 Å². The van der Waals surface area contributed by atoms with Crippen LogP contribution in [0.4, 0.5) is 17.1 Å². The van der Waals surface area contributed by atoms with Crippen LogP contribution in [0.1, 0.15) is 33.7 Å². The third-order valence-corrected chi connectivity index (χ3v) is 13.0. The van der Waals surface area contributed by atoms with E-state index in [1.54, 1.807) is 0 Å². The Bertz CT molecular complexity index is 3300. The molecule has 0 N–H and O–H groups in total. The highest BCUT2D eigenvalue weighted by Gasteiger charge is 2.19. The molecule has 0 radical (unpaired) electrons. The molecule has 10 aromatic carbocycles. The number of para-hydroxylation sites is 5. The molecule has 3 heteroatoms. The van der Waals surface area contributed by atoms with Crippen molar-refractivity contribution in [3.05, 3.63) is 283 Å². The number of benzene rings is 10. The van der Waals surface area contributed by atoms with Gasteiger partial charge < -0.3 is 14.0 Å². The van der Waals surface area contributed by atoms with Gasteiger partial charge in [0.25, 0.3) is 0 Å². The van der Waals surface area contributed by atoms with Crippen LogP contribution in [0.5, 0.6) is 0 Å². The summed E-state index contributed by atoms with van der Waals surface area (Å²) < 4.78 is 4.75. The van der Waals surface area contributed by atoms with E-state index >= 15 is 0 Å². The maximum absolute atomic E-state index is 2.38. The Morgan fingerprint density at radius 3 is 1.02 bits per heavy atom. The first-order valence-corrected chi connectivity index (χ1v) is 22.7. The average Bonchev–Trinajstić information content (AvgIpc) is 3.91. The first-order chi connectivity index (χ1) is 32.7.